The number of aromatic nitrogens is 3. The van der Waals surface area contributed by atoms with Crippen LogP contribution >= 0.6 is 11.3 Å². The van der Waals surface area contributed by atoms with Gasteiger partial charge in [-0.2, -0.15) is 4.57 Å². The molecule has 2 aromatic heterocycles. The van der Waals surface area contributed by atoms with E-state index in [2.05, 4.69) is 94.8 Å². The van der Waals surface area contributed by atoms with Gasteiger partial charge in [0.15, 0.2) is 11.0 Å². The lowest BCUT2D eigenvalue weighted by atomic mass is 10.1. The lowest BCUT2D eigenvalue weighted by molar-refractivity contribution is -0.633. The van der Waals surface area contributed by atoms with Crippen LogP contribution < -0.4 is 4.57 Å². The predicted molar refractivity (Wildman–Crippen MR) is 108 cm³/mol. The number of benzene rings is 3. The molecular weight excluding hydrogens is 338 g/mol. The highest BCUT2D eigenvalue weighted by Gasteiger charge is 2.28. The Balaban J connectivity index is 1.99. The molecule has 0 amide bonds. The van der Waals surface area contributed by atoms with Crippen LogP contribution in [0.25, 0.3) is 38.3 Å². The van der Waals surface area contributed by atoms with Crippen LogP contribution in [0.2, 0.25) is 0 Å². The number of para-hydroxylation sites is 3. The van der Waals surface area contributed by atoms with Crippen LogP contribution in [0.4, 0.5) is 0 Å². The third-order valence-corrected chi connectivity index (χ3v) is 5.82. The maximum Gasteiger partial charge on any atom is 0.296 e. The number of rotatable bonds is 2. The molecule has 0 N–H and O–H groups in total. The number of nitrogens with zero attached hydrogens (tertiary/aromatic N) is 3. The average molecular weight is 356 g/mol. The van der Waals surface area contributed by atoms with Crippen molar-refractivity contribution in [2.75, 3.05) is 0 Å². The van der Waals surface area contributed by atoms with Gasteiger partial charge in [-0.3, -0.25) is 0 Å². The minimum absolute atomic E-state index is 1.06. The van der Waals surface area contributed by atoms with E-state index >= 15 is 0 Å². The fourth-order valence-electron chi connectivity index (χ4n) is 3.74. The van der Waals surface area contributed by atoms with Gasteiger partial charge in [0.1, 0.15) is 5.69 Å². The molecule has 0 atom stereocenters. The Hall–Kier alpha value is -2.98. The van der Waals surface area contributed by atoms with Crippen LogP contribution in [0.15, 0.2) is 72.2 Å². The minimum Gasteiger partial charge on any atom is -0.245 e. The average Bonchev–Trinajstić information content (AvgIpc) is 3.26. The second kappa shape index (κ2) is 5.78. The molecule has 0 spiro atoms. The number of aryl methyl sites for hydroxylation is 2. The maximum absolute atomic E-state index is 4.53. The molecule has 0 aliphatic heterocycles. The number of imidazole rings is 1. The molecule has 0 unspecified atom stereocenters. The van der Waals surface area contributed by atoms with Gasteiger partial charge < -0.3 is 0 Å². The van der Waals surface area contributed by atoms with Crippen molar-refractivity contribution < 1.29 is 4.57 Å². The first kappa shape index (κ1) is 15.3. The first-order chi connectivity index (χ1) is 12.8. The molecule has 0 saturated heterocycles. The van der Waals surface area contributed by atoms with E-state index in [9.17, 15) is 0 Å². The molecule has 0 bridgehead atoms. The molecule has 5 rings (SSSR count). The van der Waals surface area contributed by atoms with E-state index in [1.807, 2.05) is 5.51 Å². The zero-order chi connectivity index (χ0) is 17.7. The van der Waals surface area contributed by atoms with Crippen molar-refractivity contribution in [3.05, 3.63) is 77.8 Å². The first-order valence-electron chi connectivity index (χ1n) is 8.64. The summed E-state index contributed by atoms with van der Waals surface area (Å²) in [6.45, 7) is 2.18. The van der Waals surface area contributed by atoms with Crippen molar-refractivity contribution in [1.29, 1.82) is 0 Å². The van der Waals surface area contributed by atoms with Gasteiger partial charge in [-0.25, -0.2) is 9.55 Å². The fraction of sp³-hybridized carbons (Fsp3) is 0.0909. The summed E-state index contributed by atoms with van der Waals surface area (Å²) >= 11 is 1.71. The van der Waals surface area contributed by atoms with Crippen LogP contribution in [0.5, 0.6) is 0 Å². The van der Waals surface area contributed by atoms with Crippen molar-refractivity contribution in [1.82, 2.24) is 9.55 Å². The third kappa shape index (κ3) is 2.12. The lowest BCUT2D eigenvalue weighted by Crippen LogP contribution is -2.30. The van der Waals surface area contributed by atoms with E-state index in [1.165, 1.54) is 38.4 Å². The van der Waals surface area contributed by atoms with Gasteiger partial charge in [-0.1, -0.05) is 36.4 Å². The number of thiazole rings is 1. The summed E-state index contributed by atoms with van der Waals surface area (Å²) in [5.41, 5.74) is 9.10. The highest BCUT2D eigenvalue weighted by Crippen LogP contribution is 2.35. The normalized spacial score (nSPS) is 11.5. The SMILES string of the molecule is Cc1ccc2ncsc2c1-c1n(-c2ccccc2)c2ccccc2[n+]1C. The highest BCUT2D eigenvalue weighted by atomic mass is 32.1. The van der Waals surface area contributed by atoms with E-state index < -0.39 is 0 Å². The molecule has 126 valence electrons. The largest absolute Gasteiger partial charge is 0.296 e. The summed E-state index contributed by atoms with van der Waals surface area (Å²) in [6.07, 6.45) is 0. The molecule has 0 aliphatic rings. The summed E-state index contributed by atoms with van der Waals surface area (Å²) in [5.74, 6) is 1.18. The lowest BCUT2D eigenvalue weighted by Gasteiger charge is -2.07. The topological polar surface area (TPSA) is 21.7 Å². The predicted octanol–water partition coefficient (Wildman–Crippen LogP) is 5.04. The summed E-state index contributed by atoms with van der Waals surface area (Å²) in [6, 6.07) is 23.4. The summed E-state index contributed by atoms with van der Waals surface area (Å²) in [5, 5.41) is 0. The molecule has 0 saturated carbocycles. The molecule has 3 nitrogen and oxygen atoms in total. The van der Waals surface area contributed by atoms with Gasteiger partial charge in [0.2, 0.25) is 0 Å². The van der Waals surface area contributed by atoms with Crippen LogP contribution in [0, 0.1) is 6.92 Å². The van der Waals surface area contributed by atoms with Crippen LogP contribution in [-0.4, -0.2) is 9.55 Å². The Labute approximate surface area is 155 Å². The molecule has 3 aromatic carbocycles. The molecular formula is C22H18N3S+. The van der Waals surface area contributed by atoms with Crippen molar-refractivity contribution in [2.45, 2.75) is 6.92 Å². The van der Waals surface area contributed by atoms with Gasteiger partial charge in [0.05, 0.1) is 28.3 Å². The minimum atomic E-state index is 1.06. The maximum atomic E-state index is 4.53. The Kier molecular flexibility index (Phi) is 3.40. The molecule has 4 heteroatoms. The van der Waals surface area contributed by atoms with Crippen LogP contribution in [0.1, 0.15) is 5.56 Å². The molecule has 0 aliphatic carbocycles. The van der Waals surface area contributed by atoms with Crippen molar-refractivity contribution in [2.24, 2.45) is 7.05 Å². The molecule has 26 heavy (non-hydrogen) atoms. The van der Waals surface area contributed by atoms with E-state index in [4.69, 9.17) is 0 Å². The molecule has 2 heterocycles. The fourth-order valence-corrected chi connectivity index (χ4v) is 4.62. The van der Waals surface area contributed by atoms with Gasteiger partial charge >= 0.3 is 0 Å². The van der Waals surface area contributed by atoms with Crippen molar-refractivity contribution in [3.63, 3.8) is 0 Å². The van der Waals surface area contributed by atoms with Crippen molar-refractivity contribution in [3.8, 4) is 17.1 Å². The van der Waals surface area contributed by atoms with Gasteiger partial charge in [-0.05, 0) is 42.8 Å². The summed E-state index contributed by atoms with van der Waals surface area (Å²) < 4.78 is 5.89. The van der Waals surface area contributed by atoms with Gasteiger partial charge in [-0.15, -0.1) is 11.3 Å². The quantitative estimate of drug-likeness (QED) is 0.406. The van der Waals surface area contributed by atoms with Gasteiger partial charge in [0.25, 0.3) is 5.82 Å². The van der Waals surface area contributed by atoms with Crippen molar-refractivity contribution >= 4 is 32.6 Å². The van der Waals surface area contributed by atoms with E-state index in [1.54, 1.807) is 11.3 Å². The number of hydrogen-bond acceptors (Lipinski definition) is 2. The van der Waals surface area contributed by atoms with E-state index in [0.29, 0.717) is 0 Å². The van der Waals surface area contributed by atoms with E-state index in [0.717, 1.165) is 5.52 Å². The molecule has 0 radical (unpaired) electrons. The Morgan fingerprint density at radius 1 is 0.923 bits per heavy atom. The second-order valence-electron chi connectivity index (χ2n) is 6.50. The second-order valence-corrected chi connectivity index (χ2v) is 7.36. The number of hydrogen-bond donors (Lipinski definition) is 0. The number of fused-ring (bicyclic) bond motifs is 2. The van der Waals surface area contributed by atoms with Crippen LogP contribution in [-0.2, 0) is 7.05 Å². The standard InChI is InChI=1S/C22H18N3S/c1-15-12-13-17-21(26-14-23-17)20(15)22-24(2)18-10-6-7-11-19(18)25(22)16-8-4-3-5-9-16/h3-14H,1-2H3/q+1. The summed E-state index contributed by atoms with van der Waals surface area (Å²) in [7, 11) is 2.15. The highest BCUT2D eigenvalue weighted by molar-refractivity contribution is 7.17. The van der Waals surface area contributed by atoms with E-state index in [-0.39, 0.29) is 0 Å². The Morgan fingerprint density at radius 2 is 1.69 bits per heavy atom. The smallest absolute Gasteiger partial charge is 0.245 e. The first-order valence-corrected chi connectivity index (χ1v) is 9.52. The van der Waals surface area contributed by atoms with Crippen LogP contribution in [0.3, 0.4) is 0 Å². The zero-order valence-electron chi connectivity index (χ0n) is 14.7. The third-order valence-electron chi connectivity index (χ3n) is 4.96. The van der Waals surface area contributed by atoms with Gasteiger partial charge in [0, 0.05) is 0 Å². The monoisotopic (exact) mass is 356 g/mol. The Morgan fingerprint density at radius 3 is 2.54 bits per heavy atom. The summed E-state index contributed by atoms with van der Waals surface area (Å²) in [4.78, 5) is 4.53. The molecule has 0 fully saturated rings. The Bertz CT molecular complexity index is 1250. The molecule has 5 aromatic rings. The zero-order valence-corrected chi connectivity index (χ0v) is 15.5.